The summed E-state index contributed by atoms with van der Waals surface area (Å²) in [7, 11) is 0. The minimum Gasteiger partial charge on any atom is -0.477 e. The van der Waals surface area contributed by atoms with Crippen LogP contribution in [0.3, 0.4) is 0 Å². The molecule has 0 aliphatic rings. The van der Waals surface area contributed by atoms with Gasteiger partial charge in [-0.3, -0.25) is 4.79 Å². The van der Waals surface area contributed by atoms with E-state index in [2.05, 4.69) is 0 Å². The number of hydrogen-bond acceptors (Lipinski definition) is 3. The molecule has 0 aliphatic heterocycles. The van der Waals surface area contributed by atoms with E-state index < -0.39 is 24.5 Å². The number of aromatic carboxylic acids is 1. The van der Waals surface area contributed by atoms with Crippen LogP contribution in [0.25, 0.3) is 0 Å². The second kappa shape index (κ2) is 4.87. The van der Waals surface area contributed by atoms with E-state index in [1.54, 1.807) is 0 Å². The molecule has 1 N–H and O–H groups in total. The van der Waals surface area contributed by atoms with Crippen molar-refractivity contribution in [2.24, 2.45) is 5.92 Å². The summed E-state index contributed by atoms with van der Waals surface area (Å²) in [5.74, 6) is -2.96. The molecular weight excluding hydrogens is 257 g/mol. The van der Waals surface area contributed by atoms with Crippen molar-refractivity contribution in [2.45, 2.75) is 19.5 Å². The first-order valence-electron chi connectivity index (χ1n) is 4.63. The topological polar surface area (TPSA) is 54.4 Å². The van der Waals surface area contributed by atoms with Gasteiger partial charge in [-0.2, -0.15) is 13.2 Å². The van der Waals surface area contributed by atoms with Crippen LogP contribution in [0.5, 0.6) is 0 Å². The number of hydrogen-bond donors (Lipinski definition) is 1. The number of thiophene rings is 1. The van der Waals surface area contributed by atoms with Crippen molar-refractivity contribution in [3.63, 3.8) is 0 Å². The average molecular weight is 266 g/mol. The Kier molecular flexibility index (Phi) is 3.92. The van der Waals surface area contributed by atoms with Crippen LogP contribution >= 0.6 is 11.3 Å². The number of carbonyl (C=O) groups excluding carboxylic acids is 1. The van der Waals surface area contributed by atoms with Gasteiger partial charge in [0.2, 0.25) is 0 Å². The van der Waals surface area contributed by atoms with Crippen LogP contribution in [0, 0.1) is 5.92 Å². The minimum absolute atomic E-state index is 0.0504. The molecule has 0 amide bonds. The van der Waals surface area contributed by atoms with E-state index >= 15 is 0 Å². The Bertz CT molecular complexity index is 436. The average Bonchev–Trinajstić information content (AvgIpc) is 2.59. The van der Waals surface area contributed by atoms with Crippen LogP contribution in [0.2, 0.25) is 0 Å². The number of carboxylic acids is 1. The third-order valence-corrected chi connectivity index (χ3v) is 3.31. The first-order chi connectivity index (χ1) is 7.75. The van der Waals surface area contributed by atoms with Crippen LogP contribution in [-0.4, -0.2) is 23.5 Å². The van der Waals surface area contributed by atoms with Gasteiger partial charge in [-0.15, -0.1) is 11.3 Å². The number of aldehydes is 1. The normalized spacial score (nSPS) is 13.4. The van der Waals surface area contributed by atoms with E-state index in [4.69, 9.17) is 5.11 Å². The van der Waals surface area contributed by atoms with Crippen molar-refractivity contribution in [1.82, 2.24) is 0 Å². The molecule has 0 aromatic carbocycles. The minimum atomic E-state index is -4.38. The van der Waals surface area contributed by atoms with Crippen LogP contribution in [-0.2, 0) is 6.42 Å². The van der Waals surface area contributed by atoms with Gasteiger partial charge in [0.1, 0.15) is 4.88 Å². The SMILES string of the molecule is CC(Cc1cc(C=O)sc1C(=O)O)C(F)(F)F. The van der Waals surface area contributed by atoms with E-state index in [0.29, 0.717) is 17.6 Å². The standard InChI is InChI=1S/C10H9F3O3S/c1-5(10(11,12)13)2-6-3-7(4-14)17-8(6)9(15)16/h3-5H,2H2,1H3,(H,15,16). The molecule has 0 aliphatic carbocycles. The predicted octanol–water partition coefficient (Wildman–Crippen LogP) is 3.00. The van der Waals surface area contributed by atoms with Crippen molar-refractivity contribution >= 4 is 23.6 Å². The highest BCUT2D eigenvalue weighted by Gasteiger charge is 2.36. The molecule has 1 unspecified atom stereocenters. The Hall–Kier alpha value is -1.37. The fraction of sp³-hybridized carbons (Fsp3) is 0.400. The highest BCUT2D eigenvalue weighted by molar-refractivity contribution is 7.15. The second-order valence-corrected chi connectivity index (χ2v) is 4.66. The highest BCUT2D eigenvalue weighted by atomic mass is 32.1. The lowest BCUT2D eigenvalue weighted by atomic mass is 10.0. The lowest BCUT2D eigenvalue weighted by molar-refractivity contribution is -0.169. The summed E-state index contributed by atoms with van der Waals surface area (Å²) < 4.78 is 37.0. The van der Waals surface area contributed by atoms with Crippen molar-refractivity contribution in [2.75, 3.05) is 0 Å². The molecule has 1 aromatic heterocycles. The first-order valence-corrected chi connectivity index (χ1v) is 5.45. The Morgan fingerprint density at radius 2 is 2.18 bits per heavy atom. The lowest BCUT2D eigenvalue weighted by Gasteiger charge is -2.14. The largest absolute Gasteiger partial charge is 0.477 e. The van der Waals surface area contributed by atoms with E-state index in [1.807, 2.05) is 0 Å². The maximum atomic E-state index is 12.3. The van der Waals surface area contributed by atoms with E-state index in [1.165, 1.54) is 6.07 Å². The summed E-state index contributed by atoms with van der Waals surface area (Å²) in [5, 5.41) is 8.80. The molecule has 0 fully saturated rings. The number of alkyl halides is 3. The maximum absolute atomic E-state index is 12.3. The third-order valence-electron chi connectivity index (χ3n) is 2.22. The van der Waals surface area contributed by atoms with Gasteiger partial charge >= 0.3 is 12.1 Å². The molecule has 1 heterocycles. The predicted molar refractivity (Wildman–Crippen MR) is 55.6 cm³/mol. The zero-order chi connectivity index (χ0) is 13.2. The van der Waals surface area contributed by atoms with Crippen molar-refractivity contribution < 1.29 is 27.9 Å². The summed E-state index contributed by atoms with van der Waals surface area (Å²) in [4.78, 5) is 21.2. The van der Waals surface area contributed by atoms with Gasteiger partial charge in [0, 0.05) is 0 Å². The Labute approximate surface area is 98.9 Å². The Morgan fingerprint density at radius 1 is 1.59 bits per heavy atom. The van der Waals surface area contributed by atoms with Gasteiger partial charge in [-0.1, -0.05) is 6.92 Å². The van der Waals surface area contributed by atoms with Crippen molar-refractivity contribution in [3.05, 3.63) is 21.4 Å². The zero-order valence-corrected chi connectivity index (χ0v) is 9.56. The second-order valence-electron chi connectivity index (χ2n) is 3.57. The quantitative estimate of drug-likeness (QED) is 0.852. The van der Waals surface area contributed by atoms with Gasteiger partial charge in [-0.05, 0) is 18.1 Å². The van der Waals surface area contributed by atoms with Crippen molar-refractivity contribution in [1.29, 1.82) is 0 Å². The highest BCUT2D eigenvalue weighted by Crippen LogP contribution is 2.31. The molecule has 94 valence electrons. The molecule has 7 heteroatoms. The molecule has 1 atom stereocenters. The summed E-state index contributed by atoms with van der Waals surface area (Å²) in [6, 6.07) is 1.20. The fourth-order valence-corrected chi connectivity index (χ4v) is 2.13. The summed E-state index contributed by atoms with van der Waals surface area (Å²) >= 11 is 0.685. The molecule has 17 heavy (non-hydrogen) atoms. The fourth-order valence-electron chi connectivity index (χ4n) is 1.29. The van der Waals surface area contributed by atoms with Crippen molar-refractivity contribution in [3.8, 4) is 0 Å². The van der Waals surface area contributed by atoms with Gasteiger partial charge in [0.05, 0.1) is 10.8 Å². The smallest absolute Gasteiger partial charge is 0.391 e. The zero-order valence-electron chi connectivity index (χ0n) is 8.75. The van der Waals surface area contributed by atoms with Crippen LogP contribution < -0.4 is 0 Å². The van der Waals surface area contributed by atoms with E-state index in [9.17, 15) is 22.8 Å². The van der Waals surface area contributed by atoms with Crippen LogP contribution in [0.15, 0.2) is 6.07 Å². The molecule has 1 rings (SSSR count). The number of halogens is 3. The van der Waals surface area contributed by atoms with E-state index in [0.717, 1.165) is 6.92 Å². The number of carboxylic acid groups (broad SMARTS) is 1. The molecule has 0 saturated carbocycles. The molecule has 1 aromatic rings. The van der Waals surface area contributed by atoms with Gasteiger partial charge in [-0.25, -0.2) is 4.79 Å². The molecule has 3 nitrogen and oxygen atoms in total. The molecule has 0 saturated heterocycles. The Morgan fingerprint density at radius 3 is 2.59 bits per heavy atom. The third kappa shape index (κ3) is 3.29. The van der Waals surface area contributed by atoms with Crippen LogP contribution in [0.1, 0.15) is 31.8 Å². The summed E-state index contributed by atoms with van der Waals surface area (Å²) in [6.45, 7) is 0.976. The number of rotatable bonds is 4. The van der Waals surface area contributed by atoms with Gasteiger partial charge < -0.3 is 5.11 Å². The first kappa shape index (κ1) is 13.7. The maximum Gasteiger partial charge on any atom is 0.391 e. The summed E-state index contributed by atoms with van der Waals surface area (Å²) in [6.07, 6.45) is -4.38. The molecule has 0 radical (unpaired) electrons. The van der Waals surface area contributed by atoms with E-state index in [-0.39, 0.29) is 15.3 Å². The van der Waals surface area contributed by atoms with Crippen LogP contribution in [0.4, 0.5) is 13.2 Å². The molecule has 0 spiro atoms. The molecular formula is C10H9F3O3S. The van der Waals surface area contributed by atoms with Gasteiger partial charge in [0.15, 0.2) is 6.29 Å². The summed E-state index contributed by atoms with van der Waals surface area (Å²) in [5.41, 5.74) is 0.0504. The lowest BCUT2D eigenvalue weighted by Crippen LogP contribution is -2.22. The monoisotopic (exact) mass is 266 g/mol. The molecule has 0 bridgehead atoms. The number of carbonyl (C=O) groups is 2. The van der Waals surface area contributed by atoms with Gasteiger partial charge in [0.25, 0.3) is 0 Å². The Balaban J connectivity index is 3.01.